The van der Waals surface area contributed by atoms with Crippen molar-refractivity contribution in [2.45, 2.75) is 65.2 Å². The van der Waals surface area contributed by atoms with Gasteiger partial charge in [0, 0.05) is 0 Å². The summed E-state index contributed by atoms with van der Waals surface area (Å²) in [7, 11) is 0. The number of hydrogen-bond donors (Lipinski definition) is 2. The maximum Gasteiger partial charge on any atom is -0.00489 e. The van der Waals surface area contributed by atoms with E-state index < -0.39 is 0 Å². The van der Waals surface area contributed by atoms with Crippen LogP contribution in [0, 0.1) is 5.92 Å². The van der Waals surface area contributed by atoms with Crippen molar-refractivity contribution in [3.05, 3.63) is 0 Å². The minimum absolute atomic E-state index is 0.843. The molecule has 0 heterocycles. The van der Waals surface area contributed by atoms with Crippen LogP contribution in [0.15, 0.2) is 0 Å². The van der Waals surface area contributed by atoms with E-state index in [-0.39, 0.29) is 0 Å². The maximum absolute atomic E-state index is 5.44. The second-order valence-corrected chi connectivity index (χ2v) is 5.20. The van der Waals surface area contributed by atoms with Crippen LogP contribution in [0.1, 0.15) is 65.2 Å². The predicted molar refractivity (Wildman–Crippen MR) is 73.7 cm³/mol. The first kappa shape index (κ1) is 15.9. The smallest absolute Gasteiger partial charge is 0.00489 e. The molecule has 0 rings (SSSR count). The molecule has 0 aliphatic carbocycles. The molecule has 3 N–H and O–H groups in total. The van der Waals surface area contributed by atoms with Gasteiger partial charge in [0.25, 0.3) is 0 Å². The highest BCUT2D eigenvalue weighted by Crippen LogP contribution is 2.08. The molecule has 0 atom stereocenters. The molecule has 0 fully saturated rings. The summed E-state index contributed by atoms with van der Waals surface area (Å²) in [4.78, 5) is 0. The normalized spacial score (nSPS) is 11.2. The molecule has 0 aliphatic heterocycles. The van der Waals surface area contributed by atoms with Gasteiger partial charge in [-0.1, -0.05) is 46.0 Å². The molecule has 0 unspecified atom stereocenters. The molecule has 2 heteroatoms. The lowest BCUT2D eigenvalue weighted by atomic mass is 10.0. The average Bonchev–Trinajstić information content (AvgIpc) is 2.25. The monoisotopic (exact) mass is 228 g/mol. The summed E-state index contributed by atoms with van der Waals surface area (Å²) in [5.74, 6) is 0.876. The summed E-state index contributed by atoms with van der Waals surface area (Å²) in [6.45, 7) is 7.83. The molecule has 98 valence electrons. The lowest BCUT2D eigenvalue weighted by Gasteiger charge is -2.05. The van der Waals surface area contributed by atoms with Crippen LogP contribution in [0.4, 0.5) is 0 Å². The maximum atomic E-state index is 5.44. The zero-order chi connectivity index (χ0) is 12.1. The number of hydrogen-bond acceptors (Lipinski definition) is 2. The average molecular weight is 228 g/mol. The second kappa shape index (κ2) is 13.0. The van der Waals surface area contributed by atoms with Crippen LogP contribution in [0.25, 0.3) is 0 Å². The van der Waals surface area contributed by atoms with E-state index in [1.807, 2.05) is 0 Å². The second-order valence-electron chi connectivity index (χ2n) is 5.20. The van der Waals surface area contributed by atoms with Crippen LogP contribution in [-0.4, -0.2) is 19.6 Å². The van der Waals surface area contributed by atoms with E-state index in [0.717, 1.165) is 12.5 Å². The lowest BCUT2D eigenvalue weighted by molar-refractivity contribution is 0.509. The van der Waals surface area contributed by atoms with Crippen LogP contribution < -0.4 is 11.1 Å². The molecule has 0 saturated carbocycles. The molecule has 0 saturated heterocycles. The van der Waals surface area contributed by atoms with Crippen molar-refractivity contribution in [3.63, 3.8) is 0 Å². The molecule has 0 amide bonds. The Bertz CT molecular complexity index is 124. The van der Waals surface area contributed by atoms with Gasteiger partial charge in [0.1, 0.15) is 0 Å². The van der Waals surface area contributed by atoms with Gasteiger partial charge in [-0.3, -0.25) is 0 Å². The van der Waals surface area contributed by atoms with E-state index in [4.69, 9.17) is 5.73 Å². The summed E-state index contributed by atoms with van der Waals surface area (Å²) >= 11 is 0. The van der Waals surface area contributed by atoms with E-state index >= 15 is 0 Å². The summed E-state index contributed by atoms with van der Waals surface area (Å²) in [6.07, 6.45) is 10.7. The van der Waals surface area contributed by atoms with Gasteiger partial charge in [-0.05, 0) is 44.8 Å². The Morgan fingerprint density at radius 2 is 1.38 bits per heavy atom. The van der Waals surface area contributed by atoms with Crippen LogP contribution >= 0.6 is 0 Å². The fourth-order valence-electron chi connectivity index (χ4n) is 1.85. The topological polar surface area (TPSA) is 38.0 Å². The molecule has 0 aromatic carbocycles. The van der Waals surface area contributed by atoms with Crippen molar-refractivity contribution in [3.8, 4) is 0 Å². The SMILES string of the molecule is CC(C)CCCCCCNCCCCCN. The summed E-state index contributed by atoms with van der Waals surface area (Å²) < 4.78 is 0. The Labute approximate surface area is 102 Å². The van der Waals surface area contributed by atoms with Gasteiger partial charge >= 0.3 is 0 Å². The molecule has 0 aliphatic rings. The van der Waals surface area contributed by atoms with Gasteiger partial charge < -0.3 is 11.1 Å². The molecular weight excluding hydrogens is 196 g/mol. The number of rotatable bonds is 12. The third-order valence-corrected chi connectivity index (χ3v) is 2.94. The number of nitrogens with one attached hydrogen (secondary N) is 1. The van der Waals surface area contributed by atoms with E-state index in [1.165, 1.54) is 64.5 Å². The molecular formula is C14H32N2. The Morgan fingerprint density at radius 1 is 0.812 bits per heavy atom. The minimum Gasteiger partial charge on any atom is -0.330 e. The molecule has 0 aromatic rings. The van der Waals surface area contributed by atoms with Crippen molar-refractivity contribution in [1.82, 2.24) is 5.32 Å². The molecule has 0 bridgehead atoms. The highest BCUT2D eigenvalue weighted by Gasteiger charge is 1.94. The van der Waals surface area contributed by atoms with Crippen molar-refractivity contribution in [1.29, 1.82) is 0 Å². The standard InChI is InChI=1S/C14H32N2/c1-14(2)10-6-3-4-8-12-16-13-9-5-7-11-15/h14,16H,3-13,15H2,1-2H3. The van der Waals surface area contributed by atoms with Gasteiger partial charge in [-0.15, -0.1) is 0 Å². The number of unbranched alkanes of at least 4 members (excludes halogenated alkanes) is 5. The highest BCUT2D eigenvalue weighted by molar-refractivity contribution is 4.52. The Balaban J connectivity index is 2.88. The fraction of sp³-hybridized carbons (Fsp3) is 1.00. The predicted octanol–water partition coefficient (Wildman–Crippen LogP) is 3.31. The molecule has 0 aromatic heterocycles. The van der Waals surface area contributed by atoms with Gasteiger partial charge in [-0.2, -0.15) is 0 Å². The van der Waals surface area contributed by atoms with Crippen LogP contribution in [0.2, 0.25) is 0 Å². The van der Waals surface area contributed by atoms with Gasteiger partial charge in [0.2, 0.25) is 0 Å². The summed E-state index contributed by atoms with van der Waals surface area (Å²) in [5, 5.41) is 3.50. The minimum atomic E-state index is 0.843. The number of nitrogens with two attached hydrogens (primary N) is 1. The first-order chi connectivity index (χ1) is 7.77. The highest BCUT2D eigenvalue weighted by atomic mass is 14.8. The zero-order valence-electron chi connectivity index (χ0n) is 11.4. The summed E-state index contributed by atoms with van der Waals surface area (Å²) in [6, 6.07) is 0. The van der Waals surface area contributed by atoms with E-state index in [0.29, 0.717) is 0 Å². The first-order valence-corrected chi connectivity index (χ1v) is 7.18. The fourth-order valence-corrected chi connectivity index (χ4v) is 1.85. The van der Waals surface area contributed by atoms with Crippen LogP contribution in [-0.2, 0) is 0 Å². The molecule has 2 nitrogen and oxygen atoms in total. The van der Waals surface area contributed by atoms with E-state index in [9.17, 15) is 0 Å². The lowest BCUT2D eigenvalue weighted by Crippen LogP contribution is -2.16. The van der Waals surface area contributed by atoms with Gasteiger partial charge in [0.15, 0.2) is 0 Å². The molecule has 0 spiro atoms. The molecule has 0 radical (unpaired) electrons. The summed E-state index contributed by atoms with van der Waals surface area (Å²) in [5.41, 5.74) is 5.44. The Hall–Kier alpha value is -0.0800. The van der Waals surface area contributed by atoms with Crippen LogP contribution in [0.5, 0.6) is 0 Å². The Kier molecular flexibility index (Phi) is 12.9. The van der Waals surface area contributed by atoms with Gasteiger partial charge in [-0.25, -0.2) is 0 Å². The van der Waals surface area contributed by atoms with Crippen molar-refractivity contribution in [2.75, 3.05) is 19.6 Å². The first-order valence-electron chi connectivity index (χ1n) is 7.18. The van der Waals surface area contributed by atoms with E-state index in [2.05, 4.69) is 19.2 Å². The largest absolute Gasteiger partial charge is 0.330 e. The van der Waals surface area contributed by atoms with Gasteiger partial charge in [0.05, 0.1) is 0 Å². The van der Waals surface area contributed by atoms with Crippen molar-refractivity contribution in [2.24, 2.45) is 11.7 Å². The van der Waals surface area contributed by atoms with Crippen molar-refractivity contribution >= 4 is 0 Å². The van der Waals surface area contributed by atoms with E-state index in [1.54, 1.807) is 0 Å². The quantitative estimate of drug-likeness (QED) is 0.503. The van der Waals surface area contributed by atoms with Crippen molar-refractivity contribution < 1.29 is 0 Å². The third-order valence-electron chi connectivity index (χ3n) is 2.94. The van der Waals surface area contributed by atoms with Crippen LogP contribution in [0.3, 0.4) is 0 Å². The molecule has 16 heavy (non-hydrogen) atoms. The Morgan fingerprint density at radius 3 is 1.94 bits per heavy atom. The zero-order valence-corrected chi connectivity index (χ0v) is 11.4. The third kappa shape index (κ3) is 13.9.